The van der Waals surface area contributed by atoms with Crippen molar-refractivity contribution in [2.24, 2.45) is 0 Å². The summed E-state index contributed by atoms with van der Waals surface area (Å²) >= 11 is 0. The zero-order chi connectivity index (χ0) is 6.57. The number of hydrogen-bond acceptors (Lipinski definition) is 2. The Kier molecular flexibility index (Phi) is 3.48. The molecule has 2 nitrogen and oxygen atoms in total. The fourth-order valence-electron chi connectivity index (χ4n) is 0.550. The van der Waals surface area contributed by atoms with Crippen LogP contribution in [0, 0.1) is 0 Å². The van der Waals surface area contributed by atoms with E-state index in [4.69, 9.17) is 5.21 Å². The Morgan fingerprint density at radius 2 is 2.38 bits per heavy atom. The first-order valence-corrected chi connectivity index (χ1v) is 2.77. The molecule has 1 atom stereocenters. The summed E-state index contributed by atoms with van der Waals surface area (Å²) in [5.41, 5.74) is 3.12. The van der Waals surface area contributed by atoms with Crippen LogP contribution in [0.15, 0.2) is 12.2 Å². The number of rotatable bonds is 3. The Morgan fingerprint density at radius 1 is 1.88 bits per heavy atom. The van der Waals surface area contributed by atoms with Gasteiger partial charge in [0, 0.05) is 0 Å². The van der Waals surface area contributed by atoms with E-state index in [1.807, 2.05) is 13.8 Å². The van der Waals surface area contributed by atoms with Gasteiger partial charge in [-0.25, -0.2) is 0 Å². The predicted octanol–water partition coefficient (Wildman–Crippen LogP) is 1.32. The summed E-state index contributed by atoms with van der Waals surface area (Å²) in [7, 11) is 0. The molecule has 0 spiro atoms. The molecule has 0 radical (unpaired) electrons. The van der Waals surface area contributed by atoms with Crippen molar-refractivity contribution >= 4 is 0 Å². The Hall–Kier alpha value is -0.340. The molecule has 0 aliphatic rings. The SMILES string of the molecule is C=C(C)C(CC)NO. The molecule has 0 aromatic heterocycles. The van der Waals surface area contributed by atoms with Crippen molar-refractivity contribution in [2.75, 3.05) is 0 Å². The predicted molar refractivity (Wildman–Crippen MR) is 33.8 cm³/mol. The largest absolute Gasteiger partial charge is 0.316 e. The zero-order valence-corrected chi connectivity index (χ0v) is 5.44. The molecule has 0 aromatic rings. The van der Waals surface area contributed by atoms with Crippen LogP contribution in [-0.4, -0.2) is 11.2 Å². The average molecular weight is 115 g/mol. The van der Waals surface area contributed by atoms with Gasteiger partial charge >= 0.3 is 0 Å². The van der Waals surface area contributed by atoms with Gasteiger partial charge in [-0.05, 0) is 13.3 Å². The van der Waals surface area contributed by atoms with E-state index in [2.05, 4.69) is 12.1 Å². The highest BCUT2D eigenvalue weighted by atomic mass is 16.5. The van der Waals surface area contributed by atoms with Crippen LogP contribution in [-0.2, 0) is 0 Å². The lowest BCUT2D eigenvalue weighted by molar-refractivity contribution is 0.137. The van der Waals surface area contributed by atoms with Crippen LogP contribution in [0.5, 0.6) is 0 Å². The first kappa shape index (κ1) is 7.66. The van der Waals surface area contributed by atoms with E-state index in [0.717, 1.165) is 12.0 Å². The monoisotopic (exact) mass is 115 g/mol. The van der Waals surface area contributed by atoms with Gasteiger partial charge in [0.1, 0.15) is 0 Å². The molecule has 0 saturated carbocycles. The summed E-state index contributed by atoms with van der Waals surface area (Å²) in [5, 5.41) is 8.39. The Balaban J connectivity index is 3.52. The quantitative estimate of drug-likeness (QED) is 0.429. The Morgan fingerprint density at radius 3 is 2.38 bits per heavy atom. The van der Waals surface area contributed by atoms with Gasteiger partial charge in [-0.1, -0.05) is 19.1 Å². The van der Waals surface area contributed by atoms with Gasteiger partial charge in [-0.15, -0.1) is 0 Å². The van der Waals surface area contributed by atoms with Crippen molar-refractivity contribution < 1.29 is 5.21 Å². The second kappa shape index (κ2) is 3.64. The van der Waals surface area contributed by atoms with Crippen LogP contribution in [0.4, 0.5) is 0 Å². The van der Waals surface area contributed by atoms with Gasteiger partial charge in [-0.2, -0.15) is 5.48 Å². The molecular formula is C6H13NO. The Labute approximate surface area is 50.2 Å². The molecule has 0 heterocycles. The van der Waals surface area contributed by atoms with Gasteiger partial charge < -0.3 is 5.21 Å². The molecule has 0 aliphatic carbocycles. The van der Waals surface area contributed by atoms with E-state index in [1.165, 1.54) is 0 Å². The van der Waals surface area contributed by atoms with Crippen molar-refractivity contribution in [3.8, 4) is 0 Å². The minimum absolute atomic E-state index is 0.0648. The van der Waals surface area contributed by atoms with E-state index in [-0.39, 0.29) is 6.04 Å². The summed E-state index contributed by atoms with van der Waals surface area (Å²) in [6.45, 7) is 7.55. The van der Waals surface area contributed by atoms with Crippen LogP contribution in [0.25, 0.3) is 0 Å². The molecule has 0 aromatic carbocycles. The van der Waals surface area contributed by atoms with Crippen molar-refractivity contribution in [3.05, 3.63) is 12.2 Å². The molecule has 1 unspecified atom stereocenters. The summed E-state index contributed by atoms with van der Waals surface area (Å²) < 4.78 is 0. The zero-order valence-electron chi connectivity index (χ0n) is 5.44. The van der Waals surface area contributed by atoms with Crippen molar-refractivity contribution in [1.29, 1.82) is 0 Å². The first-order chi connectivity index (χ1) is 3.72. The summed E-state index contributed by atoms with van der Waals surface area (Å²) in [6, 6.07) is 0.0648. The topological polar surface area (TPSA) is 32.3 Å². The van der Waals surface area contributed by atoms with Crippen molar-refractivity contribution in [2.45, 2.75) is 26.3 Å². The van der Waals surface area contributed by atoms with E-state index in [1.54, 1.807) is 0 Å². The molecule has 0 amide bonds. The number of nitrogens with one attached hydrogen (secondary N) is 1. The molecule has 2 heteroatoms. The van der Waals surface area contributed by atoms with Crippen LogP contribution >= 0.6 is 0 Å². The first-order valence-electron chi connectivity index (χ1n) is 2.77. The lowest BCUT2D eigenvalue weighted by Gasteiger charge is -2.10. The third kappa shape index (κ3) is 2.09. The lowest BCUT2D eigenvalue weighted by Crippen LogP contribution is -2.25. The van der Waals surface area contributed by atoms with Gasteiger partial charge in [-0.3, -0.25) is 0 Å². The third-order valence-corrected chi connectivity index (χ3v) is 1.16. The van der Waals surface area contributed by atoms with Gasteiger partial charge in [0.15, 0.2) is 0 Å². The van der Waals surface area contributed by atoms with E-state index in [0.29, 0.717) is 0 Å². The molecule has 0 fully saturated rings. The van der Waals surface area contributed by atoms with Crippen LogP contribution in [0.2, 0.25) is 0 Å². The highest BCUT2D eigenvalue weighted by Gasteiger charge is 2.01. The maximum atomic E-state index is 8.39. The smallest absolute Gasteiger partial charge is 0.0521 e. The molecule has 48 valence electrons. The Bertz CT molecular complexity index is 76.6. The van der Waals surface area contributed by atoms with Crippen LogP contribution < -0.4 is 5.48 Å². The van der Waals surface area contributed by atoms with E-state index in [9.17, 15) is 0 Å². The van der Waals surface area contributed by atoms with Gasteiger partial charge in [0.2, 0.25) is 0 Å². The minimum Gasteiger partial charge on any atom is -0.316 e. The third-order valence-electron chi connectivity index (χ3n) is 1.16. The summed E-state index contributed by atoms with van der Waals surface area (Å²) in [5.74, 6) is 0. The van der Waals surface area contributed by atoms with Gasteiger partial charge in [0.25, 0.3) is 0 Å². The maximum absolute atomic E-state index is 8.39. The molecule has 0 aliphatic heterocycles. The maximum Gasteiger partial charge on any atom is 0.0521 e. The second-order valence-corrected chi connectivity index (χ2v) is 1.94. The normalized spacial score (nSPS) is 13.4. The molecule has 0 rings (SSSR count). The minimum atomic E-state index is 0.0648. The highest BCUT2D eigenvalue weighted by Crippen LogP contribution is 1.99. The standard InChI is InChI=1S/C6H13NO/c1-4-6(7-8)5(2)3/h6-8H,2,4H2,1,3H3. The molecule has 0 bridgehead atoms. The number of hydrogen-bond donors (Lipinski definition) is 2. The number of hydroxylamine groups is 1. The van der Waals surface area contributed by atoms with Crippen LogP contribution in [0.3, 0.4) is 0 Å². The van der Waals surface area contributed by atoms with Gasteiger partial charge in [0.05, 0.1) is 6.04 Å². The fraction of sp³-hybridized carbons (Fsp3) is 0.667. The van der Waals surface area contributed by atoms with E-state index >= 15 is 0 Å². The lowest BCUT2D eigenvalue weighted by atomic mass is 10.1. The second-order valence-electron chi connectivity index (χ2n) is 1.94. The van der Waals surface area contributed by atoms with Crippen LogP contribution in [0.1, 0.15) is 20.3 Å². The average Bonchev–Trinajstić information content (AvgIpc) is 1.69. The fourth-order valence-corrected chi connectivity index (χ4v) is 0.550. The molecular weight excluding hydrogens is 102 g/mol. The molecule has 2 N–H and O–H groups in total. The summed E-state index contributed by atoms with van der Waals surface area (Å²) in [4.78, 5) is 0. The molecule has 8 heavy (non-hydrogen) atoms. The summed E-state index contributed by atoms with van der Waals surface area (Å²) in [6.07, 6.45) is 0.881. The van der Waals surface area contributed by atoms with Crippen molar-refractivity contribution in [1.82, 2.24) is 5.48 Å². The van der Waals surface area contributed by atoms with Crippen molar-refractivity contribution in [3.63, 3.8) is 0 Å². The van der Waals surface area contributed by atoms with E-state index < -0.39 is 0 Å². The molecule has 0 saturated heterocycles. The highest BCUT2D eigenvalue weighted by molar-refractivity contribution is 4.98.